The predicted octanol–water partition coefficient (Wildman–Crippen LogP) is 1.96. The van der Waals surface area contributed by atoms with E-state index >= 15 is 0 Å². The summed E-state index contributed by atoms with van der Waals surface area (Å²) >= 11 is 6.04. The third kappa shape index (κ3) is 4.23. The fourth-order valence-electron chi connectivity index (χ4n) is 2.79. The normalized spacial score (nSPS) is 10.8. The summed E-state index contributed by atoms with van der Waals surface area (Å²) in [6.45, 7) is 0.306. The standard InChI is InChI=1S/C19H20ClN5O3/c1-24-14-7-8-15(23-18(14)25(2)19(24)28)22-17(27)10-9-16(26)21-11-12-5-3-4-6-13(12)20/h3-8H,9-11H2,1-2H3,(H,21,26)(H,22,23,27). The van der Waals surface area contributed by atoms with Crippen LogP contribution in [0.3, 0.4) is 0 Å². The van der Waals surface area contributed by atoms with Crippen LogP contribution in [-0.4, -0.2) is 25.9 Å². The Balaban J connectivity index is 1.53. The zero-order valence-corrected chi connectivity index (χ0v) is 16.3. The molecule has 0 spiro atoms. The fourth-order valence-corrected chi connectivity index (χ4v) is 3.00. The van der Waals surface area contributed by atoms with Crippen LogP contribution in [0.1, 0.15) is 18.4 Å². The van der Waals surface area contributed by atoms with E-state index in [1.807, 2.05) is 18.2 Å². The predicted molar refractivity (Wildman–Crippen MR) is 107 cm³/mol. The maximum absolute atomic E-state index is 12.1. The zero-order chi connectivity index (χ0) is 20.3. The van der Waals surface area contributed by atoms with E-state index in [-0.39, 0.29) is 30.3 Å². The summed E-state index contributed by atoms with van der Waals surface area (Å²) in [4.78, 5) is 40.3. The van der Waals surface area contributed by atoms with Gasteiger partial charge in [0.15, 0.2) is 5.65 Å². The summed E-state index contributed by atoms with van der Waals surface area (Å²) in [5, 5.41) is 5.97. The van der Waals surface area contributed by atoms with Crippen LogP contribution in [0.5, 0.6) is 0 Å². The second kappa shape index (κ2) is 8.26. The van der Waals surface area contributed by atoms with Gasteiger partial charge in [-0.2, -0.15) is 0 Å². The number of aromatic nitrogens is 3. The van der Waals surface area contributed by atoms with E-state index in [9.17, 15) is 14.4 Å². The van der Waals surface area contributed by atoms with Gasteiger partial charge >= 0.3 is 5.69 Å². The van der Waals surface area contributed by atoms with Gasteiger partial charge in [0.1, 0.15) is 5.82 Å². The van der Waals surface area contributed by atoms with Crippen molar-refractivity contribution in [3.8, 4) is 0 Å². The molecule has 2 heterocycles. The van der Waals surface area contributed by atoms with Gasteiger partial charge < -0.3 is 10.6 Å². The molecule has 0 bridgehead atoms. The number of nitrogens with one attached hydrogen (secondary N) is 2. The topological polar surface area (TPSA) is 98.0 Å². The summed E-state index contributed by atoms with van der Waals surface area (Å²) in [5.74, 6) is -0.250. The molecule has 1 aromatic carbocycles. The molecule has 8 nitrogen and oxygen atoms in total. The van der Waals surface area contributed by atoms with Crippen LogP contribution in [0, 0.1) is 0 Å². The molecule has 9 heteroatoms. The number of carbonyl (C=O) groups excluding carboxylic acids is 2. The van der Waals surface area contributed by atoms with Gasteiger partial charge in [0, 0.05) is 38.5 Å². The molecule has 2 N–H and O–H groups in total. The van der Waals surface area contributed by atoms with Gasteiger partial charge in [-0.25, -0.2) is 9.78 Å². The maximum atomic E-state index is 12.1. The minimum atomic E-state index is -0.333. The molecule has 0 unspecified atom stereocenters. The van der Waals surface area contributed by atoms with Gasteiger partial charge in [0.2, 0.25) is 11.8 Å². The van der Waals surface area contributed by atoms with Crippen LogP contribution in [0.4, 0.5) is 5.82 Å². The number of benzene rings is 1. The monoisotopic (exact) mass is 401 g/mol. The van der Waals surface area contributed by atoms with Crippen molar-refractivity contribution in [1.29, 1.82) is 0 Å². The van der Waals surface area contributed by atoms with Crippen molar-refractivity contribution in [3.63, 3.8) is 0 Å². The summed E-state index contributed by atoms with van der Waals surface area (Å²) in [7, 11) is 3.28. The zero-order valence-electron chi connectivity index (χ0n) is 15.5. The Morgan fingerprint density at radius 1 is 1.04 bits per heavy atom. The number of hydrogen-bond acceptors (Lipinski definition) is 4. The van der Waals surface area contributed by atoms with Gasteiger partial charge in [0.05, 0.1) is 5.52 Å². The first kappa shape index (κ1) is 19.6. The fraction of sp³-hybridized carbons (Fsp3) is 0.263. The number of rotatable bonds is 6. The molecule has 146 valence electrons. The molecular formula is C19H20ClN5O3. The molecule has 0 saturated carbocycles. The number of halogens is 1. The van der Waals surface area contributed by atoms with E-state index in [4.69, 9.17) is 11.6 Å². The van der Waals surface area contributed by atoms with Crippen molar-refractivity contribution in [2.75, 3.05) is 5.32 Å². The molecule has 2 amide bonds. The summed E-state index contributed by atoms with van der Waals surface area (Å²) in [6, 6.07) is 10.6. The minimum Gasteiger partial charge on any atom is -0.352 e. The Morgan fingerprint density at radius 2 is 1.75 bits per heavy atom. The van der Waals surface area contributed by atoms with Crippen molar-refractivity contribution >= 4 is 40.4 Å². The highest BCUT2D eigenvalue weighted by molar-refractivity contribution is 6.31. The number of aryl methyl sites for hydroxylation is 2. The molecule has 0 aliphatic rings. The Kier molecular flexibility index (Phi) is 5.79. The number of anilines is 1. The molecule has 0 saturated heterocycles. The van der Waals surface area contributed by atoms with Gasteiger partial charge in [-0.15, -0.1) is 0 Å². The third-order valence-electron chi connectivity index (χ3n) is 4.39. The smallest absolute Gasteiger partial charge is 0.329 e. The lowest BCUT2D eigenvalue weighted by molar-refractivity contribution is -0.124. The van der Waals surface area contributed by atoms with Crippen LogP contribution >= 0.6 is 11.6 Å². The lowest BCUT2D eigenvalue weighted by Gasteiger charge is -2.07. The number of fused-ring (bicyclic) bond motifs is 1. The molecule has 28 heavy (non-hydrogen) atoms. The van der Waals surface area contributed by atoms with Crippen molar-refractivity contribution in [1.82, 2.24) is 19.4 Å². The van der Waals surface area contributed by atoms with Crippen LogP contribution < -0.4 is 16.3 Å². The summed E-state index contributed by atoms with van der Waals surface area (Å²) in [5.41, 5.74) is 1.77. The van der Waals surface area contributed by atoms with E-state index in [0.717, 1.165) is 5.56 Å². The second-order valence-corrected chi connectivity index (χ2v) is 6.76. The lowest BCUT2D eigenvalue weighted by Crippen LogP contribution is -2.24. The van der Waals surface area contributed by atoms with Gasteiger partial charge in [-0.1, -0.05) is 29.8 Å². The second-order valence-electron chi connectivity index (χ2n) is 6.36. The van der Waals surface area contributed by atoms with Crippen LogP contribution in [-0.2, 0) is 30.2 Å². The average Bonchev–Trinajstić information content (AvgIpc) is 2.90. The van der Waals surface area contributed by atoms with Crippen LogP contribution in [0.25, 0.3) is 11.2 Å². The number of pyridine rings is 1. The number of nitrogens with zero attached hydrogens (tertiary/aromatic N) is 3. The Bertz CT molecular complexity index is 1100. The van der Waals surface area contributed by atoms with Gasteiger partial charge in [0.25, 0.3) is 0 Å². The largest absolute Gasteiger partial charge is 0.352 e. The molecule has 0 radical (unpaired) electrons. The summed E-state index contributed by atoms with van der Waals surface area (Å²) < 4.78 is 2.89. The van der Waals surface area contributed by atoms with Crippen molar-refractivity contribution in [2.45, 2.75) is 19.4 Å². The number of carbonyl (C=O) groups is 2. The molecule has 0 aliphatic heterocycles. The molecule has 0 aliphatic carbocycles. The highest BCUT2D eigenvalue weighted by atomic mass is 35.5. The van der Waals surface area contributed by atoms with E-state index in [2.05, 4.69) is 15.6 Å². The van der Waals surface area contributed by atoms with Crippen molar-refractivity contribution in [2.24, 2.45) is 14.1 Å². The Hall–Kier alpha value is -3.13. The van der Waals surface area contributed by atoms with Crippen molar-refractivity contribution < 1.29 is 9.59 Å². The van der Waals surface area contributed by atoms with E-state index in [0.29, 0.717) is 28.5 Å². The molecular weight excluding hydrogens is 382 g/mol. The molecule has 2 aromatic heterocycles. The van der Waals surface area contributed by atoms with Crippen LogP contribution in [0.15, 0.2) is 41.2 Å². The number of hydrogen-bond donors (Lipinski definition) is 2. The Labute approximate surface area is 166 Å². The number of amides is 2. The quantitative estimate of drug-likeness (QED) is 0.659. The molecule has 3 rings (SSSR count). The SMILES string of the molecule is Cn1c(=O)n(C)c2nc(NC(=O)CCC(=O)NCc3ccccc3Cl)ccc21. The first-order chi connectivity index (χ1) is 13.4. The summed E-state index contributed by atoms with van der Waals surface area (Å²) in [6.07, 6.45) is 0.0597. The molecule has 0 atom stereocenters. The highest BCUT2D eigenvalue weighted by Crippen LogP contribution is 2.15. The third-order valence-corrected chi connectivity index (χ3v) is 4.76. The van der Waals surface area contributed by atoms with Gasteiger partial charge in [-0.05, 0) is 23.8 Å². The first-order valence-corrected chi connectivity index (χ1v) is 9.07. The maximum Gasteiger partial charge on any atom is 0.329 e. The van der Waals surface area contributed by atoms with E-state index < -0.39 is 0 Å². The minimum absolute atomic E-state index is 0.0157. The van der Waals surface area contributed by atoms with Gasteiger partial charge in [-0.3, -0.25) is 18.7 Å². The lowest BCUT2D eigenvalue weighted by atomic mass is 10.2. The van der Waals surface area contributed by atoms with E-state index in [1.165, 1.54) is 9.13 Å². The first-order valence-electron chi connectivity index (χ1n) is 8.69. The average molecular weight is 402 g/mol. The Morgan fingerprint density at radius 3 is 2.50 bits per heavy atom. The van der Waals surface area contributed by atoms with Crippen molar-refractivity contribution in [3.05, 3.63) is 57.5 Å². The van der Waals surface area contributed by atoms with Crippen LogP contribution in [0.2, 0.25) is 5.02 Å². The number of imidazole rings is 1. The molecule has 0 fully saturated rings. The highest BCUT2D eigenvalue weighted by Gasteiger charge is 2.12. The van der Waals surface area contributed by atoms with E-state index in [1.54, 1.807) is 32.3 Å². The molecule has 3 aromatic rings.